The number of hydrogen-bond acceptors (Lipinski definition) is 8. The van der Waals surface area contributed by atoms with Crippen molar-refractivity contribution >= 4 is 17.9 Å². The van der Waals surface area contributed by atoms with E-state index in [9.17, 15) is 14.4 Å². The van der Waals surface area contributed by atoms with E-state index in [0.29, 0.717) is 29.7 Å². The number of likely N-dealkylation sites (tertiary alicyclic amines) is 1. The molecule has 5 unspecified atom stereocenters. The summed E-state index contributed by atoms with van der Waals surface area (Å²) in [5, 5.41) is 0. The van der Waals surface area contributed by atoms with E-state index in [1.54, 1.807) is 13.8 Å². The SMILES string of the molecule is CC(=O)OC1CCN(C2C[C@@]3(C)C(CC[C@@H]4[C@H]3CC[C@]3(C)C(OC(C)=O)C(N5CC[N+](C)(C)CC5)C[C@@H]43)CC2OC(C)=O)CC1.[Br-]. The standard InChI is InChI=1S/C36H60N3O6.BrH/c1-23(40)43-27-11-14-37(15-12-27)32-22-36(5)26(20-33(32)44-24(2)41)8-9-28-29(36)10-13-35(4)30(28)21-31(34(35)45-25(3)42)38-16-18-39(6,7)19-17-38;/h26-34H,8-22H2,1-7H3;1H/q+1;/p-1/t26?,28-,29-,30+,31?,32?,33?,34?,35+,36+;/m1./s1. The van der Waals surface area contributed by atoms with Gasteiger partial charge in [-0.1, -0.05) is 13.8 Å². The maximum atomic E-state index is 12.5. The van der Waals surface area contributed by atoms with E-state index >= 15 is 0 Å². The van der Waals surface area contributed by atoms with Crippen LogP contribution in [0.2, 0.25) is 0 Å². The van der Waals surface area contributed by atoms with Gasteiger partial charge in [0.25, 0.3) is 0 Å². The molecule has 0 spiro atoms. The molecular weight excluding hydrogens is 650 g/mol. The van der Waals surface area contributed by atoms with Crippen molar-refractivity contribution in [2.24, 2.45) is 34.5 Å². The number of nitrogens with zero attached hydrogens (tertiary/aromatic N) is 3. The van der Waals surface area contributed by atoms with Gasteiger partial charge in [0.15, 0.2) is 0 Å². The van der Waals surface area contributed by atoms with Crippen molar-refractivity contribution in [3.05, 3.63) is 0 Å². The number of halogens is 1. The van der Waals surface area contributed by atoms with Gasteiger partial charge >= 0.3 is 17.9 Å². The first kappa shape index (κ1) is 36.1. The van der Waals surface area contributed by atoms with Crippen LogP contribution in [0.1, 0.15) is 92.4 Å². The molecule has 4 aliphatic carbocycles. The Hall–Kier alpha value is -1.23. The molecule has 0 bridgehead atoms. The predicted octanol–water partition coefficient (Wildman–Crippen LogP) is 1.27. The Kier molecular flexibility index (Phi) is 10.6. The molecule has 6 rings (SSSR count). The molecule has 6 fully saturated rings. The topological polar surface area (TPSA) is 85.4 Å². The van der Waals surface area contributed by atoms with Gasteiger partial charge in [-0.15, -0.1) is 0 Å². The first-order chi connectivity index (χ1) is 21.2. The normalized spacial score (nSPS) is 42.8. The molecule has 9 nitrogen and oxygen atoms in total. The van der Waals surface area contributed by atoms with E-state index in [2.05, 4.69) is 37.7 Å². The average molecular weight is 711 g/mol. The van der Waals surface area contributed by atoms with Gasteiger partial charge in [0.1, 0.15) is 18.3 Å². The summed E-state index contributed by atoms with van der Waals surface area (Å²) in [6.07, 6.45) is 9.35. The van der Waals surface area contributed by atoms with Gasteiger partial charge in [-0.05, 0) is 86.9 Å². The predicted molar refractivity (Wildman–Crippen MR) is 171 cm³/mol. The number of quaternary nitrogens is 1. The number of hydrogen-bond donors (Lipinski definition) is 0. The maximum absolute atomic E-state index is 12.5. The highest BCUT2D eigenvalue weighted by atomic mass is 79.9. The number of piperazine rings is 1. The molecule has 0 aromatic carbocycles. The van der Waals surface area contributed by atoms with Gasteiger partial charge in [0.05, 0.1) is 27.2 Å². The number of ether oxygens (including phenoxy) is 3. The van der Waals surface area contributed by atoms with E-state index < -0.39 is 0 Å². The number of rotatable bonds is 5. The van der Waals surface area contributed by atoms with Gasteiger partial charge in [-0.2, -0.15) is 0 Å². The highest BCUT2D eigenvalue weighted by molar-refractivity contribution is 5.67. The first-order valence-corrected chi connectivity index (χ1v) is 18.0. The molecule has 6 aliphatic rings. The fraction of sp³-hybridized carbons (Fsp3) is 0.917. The van der Waals surface area contributed by atoms with Crippen molar-refractivity contribution in [1.29, 1.82) is 0 Å². The molecule has 0 radical (unpaired) electrons. The molecule has 2 heterocycles. The molecular formula is C36H60BrN3O6. The number of likely N-dealkylation sites (N-methyl/N-ethyl adjacent to an activating group) is 1. The smallest absolute Gasteiger partial charge is 0.302 e. The zero-order valence-corrected chi connectivity index (χ0v) is 31.1. The highest BCUT2D eigenvalue weighted by Crippen LogP contribution is 2.67. The molecule has 0 N–H and O–H groups in total. The third-order valence-corrected chi connectivity index (χ3v) is 13.9. The Bertz CT molecular complexity index is 1130. The van der Waals surface area contributed by atoms with E-state index in [1.165, 1.54) is 26.2 Å². The van der Waals surface area contributed by atoms with Crippen molar-refractivity contribution in [3.63, 3.8) is 0 Å². The lowest BCUT2D eigenvalue weighted by Crippen LogP contribution is -3.00. The largest absolute Gasteiger partial charge is 1.00 e. The van der Waals surface area contributed by atoms with Crippen LogP contribution in [0.4, 0.5) is 0 Å². The van der Waals surface area contributed by atoms with Crippen LogP contribution < -0.4 is 17.0 Å². The summed E-state index contributed by atoms with van der Waals surface area (Å²) in [4.78, 5) is 41.6. The minimum Gasteiger partial charge on any atom is -1.00 e. The van der Waals surface area contributed by atoms with Gasteiger partial charge in [-0.3, -0.25) is 24.2 Å². The third kappa shape index (κ3) is 6.80. The lowest BCUT2D eigenvalue weighted by Gasteiger charge is -2.62. The van der Waals surface area contributed by atoms with Crippen molar-refractivity contribution in [3.8, 4) is 0 Å². The van der Waals surface area contributed by atoms with Crippen molar-refractivity contribution in [2.75, 3.05) is 53.4 Å². The Morgan fingerprint density at radius 3 is 1.91 bits per heavy atom. The van der Waals surface area contributed by atoms with Crippen molar-refractivity contribution in [1.82, 2.24) is 9.80 Å². The Balaban J connectivity index is 0.00000417. The van der Waals surface area contributed by atoms with E-state index in [1.807, 2.05) is 0 Å². The molecule has 10 heteroatoms. The average Bonchev–Trinajstić information content (AvgIpc) is 3.24. The molecule has 0 aromatic rings. The van der Waals surface area contributed by atoms with Gasteiger partial charge in [0, 0.05) is 64.4 Å². The molecule has 2 saturated heterocycles. The molecule has 0 amide bonds. The number of esters is 3. The summed E-state index contributed by atoms with van der Waals surface area (Å²) in [7, 11) is 4.65. The highest BCUT2D eigenvalue weighted by Gasteiger charge is 2.65. The summed E-state index contributed by atoms with van der Waals surface area (Å²) in [6.45, 7) is 15.8. The fourth-order valence-corrected chi connectivity index (χ4v) is 11.6. The second-order valence-corrected chi connectivity index (χ2v) is 17.0. The lowest BCUT2D eigenvalue weighted by molar-refractivity contribution is -0.894. The number of carbonyl (C=O) groups excluding carboxylic acids is 3. The summed E-state index contributed by atoms with van der Waals surface area (Å²) >= 11 is 0. The fourth-order valence-electron chi connectivity index (χ4n) is 11.6. The second-order valence-electron chi connectivity index (χ2n) is 17.0. The molecule has 46 heavy (non-hydrogen) atoms. The Morgan fingerprint density at radius 1 is 0.696 bits per heavy atom. The molecule has 4 saturated carbocycles. The quantitative estimate of drug-likeness (QED) is 0.240. The van der Waals surface area contributed by atoms with E-state index in [-0.39, 0.29) is 70.1 Å². The molecule has 262 valence electrons. The zero-order chi connectivity index (χ0) is 32.3. The summed E-state index contributed by atoms with van der Waals surface area (Å²) in [5.41, 5.74) is 0.190. The Labute approximate surface area is 287 Å². The summed E-state index contributed by atoms with van der Waals surface area (Å²) in [6, 6.07) is 0.500. The van der Waals surface area contributed by atoms with Crippen molar-refractivity contribution in [2.45, 2.75) is 123 Å². The molecule has 10 atom stereocenters. The van der Waals surface area contributed by atoms with Gasteiger partial charge < -0.3 is 35.7 Å². The Morgan fingerprint density at radius 2 is 1.30 bits per heavy atom. The van der Waals surface area contributed by atoms with Crippen LogP contribution in [-0.2, 0) is 28.6 Å². The van der Waals surface area contributed by atoms with Crippen LogP contribution in [0, 0.1) is 34.5 Å². The van der Waals surface area contributed by atoms with Gasteiger partial charge in [-0.25, -0.2) is 0 Å². The first-order valence-electron chi connectivity index (χ1n) is 18.0. The van der Waals surface area contributed by atoms with E-state index in [4.69, 9.17) is 14.2 Å². The van der Waals surface area contributed by atoms with Gasteiger partial charge in [0.2, 0.25) is 0 Å². The number of piperidine rings is 1. The number of carbonyl (C=O) groups is 3. The van der Waals surface area contributed by atoms with Crippen LogP contribution in [-0.4, -0.2) is 116 Å². The maximum Gasteiger partial charge on any atom is 0.302 e. The minimum atomic E-state index is -0.204. The van der Waals surface area contributed by atoms with Crippen molar-refractivity contribution < 1.29 is 50.1 Å². The number of fused-ring (bicyclic) bond motifs is 5. The second kappa shape index (κ2) is 13.6. The van der Waals surface area contributed by atoms with Crippen LogP contribution >= 0.6 is 0 Å². The summed E-state index contributed by atoms with van der Waals surface area (Å²) in [5.74, 6) is 1.84. The van der Waals surface area contributed by atoms with Crippen LogP contribution in [0.5, 0.6) is 0 Å². The monoisotopic (exact) mass is 709 g/mol. The van der Waals surface area contributed by atoms with Crippen LogP contribution in [0.15, 0.2) is 0 Å². The lowest BCUT2D eigenvalue weighted by atomic mass is 9.44. The third-order valence-electron chi connectivity index (χ3n) is 13.9. The summed E-state index contributed by atoms with van der Waals surface area (Å²) < 4.78 is 19.0. The minimum absolute atomic E-state index is 0. The molecule has 0 aromatic heterocycles. The van der Waals surface area contributed by atoms with E-state index in [0.717, 1.165) is 82.3 Å². The molecule has 2 aliphatic heterocycles. The van der Waals surface area contributed by atoms with Crippen LogP contribution in [0.3, 0.4) is 0 Å². The zero-order valence-electron chi connectivity index (χ0n) is 29.5. The van der Waals surface area contributed by atoms with Crippen LogP contribution in [0.25, 0.3) is 0 Å².